The molecule has 6 aromatic rings. The summed E-state index contributed by atoms with van der Waals surface area (Å²) in [6.45, 7) is 9.36. The fourth-order valence-electron chi connectivity index (χ4n) is 11.9. The van der Waals surface area contributed by atoms with Gasteiger partial charge >= 0.3 is 0 Å². The van der Waals surface area contributed by atoms with E-state index in [0.29, 0.717) is 0 Å². The molecule has 0 saturated carbocycles. The molecule has 2 heteroatoms. The minimum Gasteiger partial charge on any atom is -0.497 e. The van der Waals surface area contributed by atoms with Gasteiger partial charge in [0.1, 0.15) is 5.75 Å². The fourth-order valence-corrected chi connectivity index (χ4v) is 12.0. The third-order valence-electron chi connectivity index (χ3n) is 15.5. The first kappa shape index (κ1) is 46.9. The van der Waals surface area contributed by atoms with Gasteiger partial charge in [-0.3, -0.25) is 0 Å². The summed E-state index contributed by atoms with van der Waals surface area (Å²) < 4.78 is 5.56. The van der Waals surface area contributed by atoms with Gasteiger partial charge in [-0.15, -0.1) is 0 Å². The highest BCUT2D eigenvalue weighted by molar-refractivity contribution is 6.30. The predicted molar refractivity (Wildman–Crippen MR) is 282 cm³/mol. The van der Waals surface area contributed by atoms with Crippen LogP contribution in [-0.2, 0) is 10.8 Å². The van der Waals surface area contributed by atoms with E-state index in [1.54, 1.807) is 29.4 Å². The number of methoxy groups -OCH3 is 1. The van der Waals surface area contributed by atoms with Crippen LogP contribution in [0.1, 0.15) is 178 Å². The second kappa shape index (κ2) is 21.8. The van der Waals surface area contributed by atoms with Gasteiger partial charge in [0.2, 0.25) is 0 Å². The Morgan fingerprint density at radius 1 is 0.338 bits per heavy atom. The lowest BCUT2D eigenvalue weighted by Gasteiger charge is -2.34. The van der Waals surface area contributed by atoms with E-state index in [-0.39, 0.29) is 10.8 Å². The van der Waals surface area contributed by atoms with E-state index < -0.39 is 0 Å². The van der Waals surface area contributed by atoms with Gasteiger partial charge in [0.15, 0.2) is 0 Å². The van der Waals surface area contributed by atoms with Crippen molar-refractivity contribution in [2.75, 3.05) is 7.11 Å². The Labute approximate surface area is 398 Å². The van der Waals surface area contributed by atoms with Gasteiger partial charge in [0, 0.05) is 15.9 Å². The summed E-state index contributed by atoms with van der Waals surface area (Å²) in [5.41, 5.74) is 19.8. The molecule has 0 radical (unpaired) electrons. The van der Waals surface area contributed by atoms with Crippen molar-refractivity contribution in [3.05, 3.63) is 149 Å². The molecule has 1 nitrogen and oxygen atoms in total. The van der Waals surface area contributed by atoms with Gasteiger partial charge in [0.05, 0.1) is 7.11 Å². The third-order valence-corrected chi connectivity index (χ3v) is 15.7. The molecule has 0 aliphatic heterocycles. The van der Waals surface area contributed by atoms with Gasteiger partial charge in [-0.05, 0) is 152 Å². The van der Waals surface area contributed by atoms with Crippen LogP contribution < -0.4 is 4.74 Å². The van der Waals surface area contributed by atoms with Gasteiger partial charge in [-0.2, -0.15) is 0 Å². The maximum atomic E-state index is 6.40. The van der Waals surface area contributed by atoms with Crippen LogP contribution in [0.15, 0.2) is 121 Å². The lowest BCUT2D eigenvalue weighted by atomic mass is 9.69. The van der Waals surface area contributed by atoms with E-state index in [0.717, 1.165) is 10.8 Å². The van der Waals surface area contributed by atoms with Gasteiger partial charge in [0.25, 0.3) is 0 Å². The average molecular weight is 884 g/mol. The Morgan fingerprint density at radius 3 is 0.908 bits per heavy atom. The molecular formula is C63H75ClO. The summed E-state index contributed by atoms with van der Waals surface area (Å²) in [4.78, 5) is 0. The lowest BCUT2D eigenvalue weighted by Crippen LogP contribution is -2.26. The Morgan fingerprint density at radius 2 is 0.615 bits per heavy atom. The Hall–Kier alpha value is -4.59. The van der Waals surface area contributed by atoms with Crippen LogP contribution in [0.25, 0.3) is 55.6 Å². The molecule has 0 aromatic heterocycles. The normalized spacial score (nSPS) is 13.9. The summed E-state index contributed by atoms with van der Waals surface area (Å²) in [6.07, 6.45) is 25.2. The van der Waals surface area contributed by atoms with Crippen molar-refractivity contribution in [3.63, 3.8) is 0 Å². The van der Waals surface area contributed by atoms with E-state index in [1.165, 1.54) is 184 Å². The van der Waals surface area contributed by atoms with Crippen LogP contribution in [0.4, 0.5) is 0 Å². The monoisotopic (exact) mass is 883 g/mol. The number of benzene rings is 6. The summed E-state index contributed by atoms with van der Waals surface area (Å²) in [6, 6.07) is 47.1. The summed E-state index contributed by atoms with van der Waals surface area (Å²) in [5.74, 6) is 0.902. The van der Waals surface area contributed by atoms with Crippen molar-refractivity contribution in [1.29, 1.82) is 0 Å². The first-order valence-corrected chi connectivity index (χ1v) is 26.3. The zero-order chi connectivity index (χ0) is 45.2. The Balaban J connectivity index is 1.26. The first-order valence-electron chi connectivity index (χ1n) is 25.9. The second-order valence-corrected chi connectivity index (χ2v) is 20.1. The van der Waals surface area contributed by atoms with Crippen LogP contribution in [0.5, 0.6) is 5.75 Å². The van der Waals surface area contributed by atoms with E-state index in [1.807, 2.05) is 12.1 Å². The Kier molecular flexibility index (Phi) is 15.7. The van der Waals surface area contributed by atoms with E-state index in [2.05, 4.69) is 137 Å². The lowest BCUT2D eigenvalue weighted by molar-refractivity contribution is 0.401. The minimum absolute atomic E-state index is 0.0159. The van der Waals surface area contributed by atoms with Crippen LogP contribution in [-0.4, -0.2) is 7.11 Å². The number of hydrogen-bond acceptors (Lipinski definition) is 1. The molecule has 6 aromatic carbocycles. The number of rotatable bonds is 24. The average Bonchev–Trinajstić information content (AvgIpc) is 3.77. The molecule has 0 unspecified atom stereocenters. The standard InChI is InChI=1S/C63H75ClO/c1-6-10-14-18-38-62(39-19-15-11-7-2)58-42-48(46-22-30-52(64)31-23-46)26-34-54(58)56-36-28-50(44-60(56)62)51-29-37-57-55-35-27-49(47-24-32-53(65-5)33-25-47)43-59(55)63(61(57)45-51,40-20-16-12-8-3)41-21-17-13-9-4/h22-37,42-45H,6-21,38-41H2,1-5H3. The zero-order valence-corrected chi connectivity index (χ0v) is 41.2. The van der Waals surface area contributed by atoms with Gasteiger partial charge < -0.3 is 4.74 Å². The van der Waals surface area contributed by atoms with Gasteiger partial charge in [-0.25, -0.2) is 0 Å². The van der Waals surface area contributed by atoms with Crippen molar-refractivity contribution in [2.45, 2.75) is 167 Å². The molecule has 8 rings (SSSR count). The highest BCUT2D eigenvalue weighted by Crippen LogP contribution is 2.58. The van der Waals surface area contributed by atoms with Crippen molar-refractivity contribution in [1.82, 2.24) is 0 Å². The quantitative estimate of drug-likeness (QED) is 0.0550. The highest BCUT2D eigenvalue weighted by Gasteiger charge is 2.44. The second-order valence-electron chi connectivity index (χ2n) is 19.7. The molecule has 2 aliphatic carbocycles. The molecule has 2 aliphatic rings. The van der Waals surface area contributed by atoms with Crippen molar-refractivity contribution in [2.24, 2.45) is 0 Å². The largest absolute Gasteiger partial charge is 0.497 e. The molecular weight excluding hydrogens is 808 g/mol. The number of unbranched alkanes of at least 4 members (excludes halogenated alkanes) is 12. The smallest absolute Gasteiger partial charge is 0.118 e. The zero-order valence-electron chi connectivity index (χ0n) is 40.5. The molecule has 0 amide bonds. The molecule has 0 fully saturated rings. The predicted octanol–water partition coefficient (Wildman–Crippen LogP) is 19.8. The molecule has 0 spiro atoms. The topological polar surface area (TPSA) is 9.23 Å². The third kappa shape index (κ3) is 9.79. The first-order chi connectivity index (χ1) is 31.9. The number of fused-ring (bicyclic) bond motifs is 6. The fraction of sp³-hybridized carbons (Fsp3) is 0.429. The molecule has 0 saturated heterocycles. The Bertz CT molecular complexity index is 2470. The van der Waals surface area contributed by atoms with Gasteiger partial charge in [-0.1, -0.05) is 215 Å². The highest BCUT2D eigenvalue weighted by atomic mass is 35.5. The minimum atomic E-state index is -0.0161. The summed E-state index contributed by atoms with van der Waals surface area (Å²) >= 11 is 6.40. The molecule has 0 heterocycles. The van der Waals surface area contributed by atoms with Crippen molar-refractivity contribution < 1.29 is 4.74 Å². The van der Waals surface area contributed by atoms with Crippen LogP contribution in [0, 0.1) is 0 Å². The number of ether oxygens (including phenoxy) is 1. The molecule has 340 valence electrons. The van der Waals surface area contributed by atoms with Crippen molar-refractivity contribution >= 4 is 11.6 Å². The number of hydrogen-bond donors (Lipinski definition) is 0. The van der Waals surface area contributed by atoms with Crippen LogP contribution in [0.3, 0.4) is 0 Å². The molecule has 65 heavy (non-hydrogen) atoms. The summed E-state index contributed by atoms with van der Waals surface area (Å²) in [5, 5.41) is 0.787. The van der Waals surface area contributed by atoms with Crippen LogP contribution >= 0.6 is 11.6 Å². The number of halogens is 1. The van der Waals surface area contributed by atoms with Crippen molar-refractivity contribution in [3.8, 4) is 61.4 Å². The van der Waals surface area contributed by atoms with Crippen LogP contribution in [0.2, 0.25) is 5.02 Å². The maximum Gasteiger partial charge on any atom is 0.118 e. The molecule has 0 N–H and O–H groups in total. The SMILES string of the molecule is CCCCCCC1(CCCCCC)c2cc(-c3ccc(Cl)cc3)ccc2-c2ccc(-c3ccc4c(c3)C(CCCCCC)(CCCCCC)c3cc(-c5ccc(OC)cc5)ccc3-4)cc21. The maximum absolute atomic E-state index is 6.40. The van der Waals surface area contributed by atoms with E-state index in [4.69, 9.17) is 16.3 Å². The summed E-state index contributed by atoms with van der Waals surface area (Å²) in [7, 11) is 1.75. The molecule has 0 bridgehead atoms. The molecule has 0 atom stereocenters. The van der Waals surface area contributed by atoms with E-state index >= 15 is 0 Å². The van der Waals surface area contributed by atoms with E-state index in [9.17, 15) is 0 Å².